The summed E-state index contributed by atoms with van der Waals surface area (Å²) in [5.74, 6) is 3.11. The average molecular weight is 241 g/mol. The normalized spacial score (nSPS) is 41.1. The van der Waals surface area contributed by atoms with Crippen molar-refractivity contribution >= 4 is 5.69 Å². The van der Waals surface area contributed by atoms with Gasteiger partial charge in [0.15, 0.2) is 0 Å². The van der Waals surface area contributed by atoms with Crippen molar-refractivity contribution in [2.45, 2.75) is 43.9 Å². The van der Waals surface area contributed by atoms with E-state index in [9.17, 15) is 0 Å². The predicted molar refractivity (Wildman–Crippen MR) is 75.8 cm³/mol. The maximum absolute atomic E-state index is 3.30. The maximum atomic E-state index is 3.30. The summed E-state index contributed by atoms with van der Waals surface area (Å²) in [6, 6.07) is 9.21. The largest absolute Gasteiger partial charge is 0.388 e. The van der Waals surface area contributed by atoms with Crippen molar-refractivity contribution in [3.8, 4) is 0 Å². The van der Waals surface area contributed by atoms with Crippen molar-refractivity contribution in [2.75, 3.05) is 12.4 Å². The van der Waals surface area contributed by atoms with Gasteiger partial charge in [0.1, 0.15) is 0 Å². The van der Waals surface area contributed by atoms with Crippen molar-refractivity contribution < 1.29 is 0 Å². The van der Waals surface area contributed by atoms with Crippen LogP contribution in [0.2, 0.25) is 0 Å². The van der Waals surface area contributed by atoms with Gasteiger partial charge in [-0.25, -0.2) is 0 Å². The predicted octanol–water partition coefficient (Wildman–Crippen LogP) is 4.20. The zero-order valence-electron chi connectivity index (χ0n) is 11.3. The Balaban J connectivity index is 1.74. The van der Waals surface area contributed by atoms with E-state index in [1.165, 1.54) is 44.2 Å². The summed E-state index contributed by atoms with van der Waals surface area (Å²) < 4.78 is 0. The third-order valence-corrected chi connectivity index (χ3v) is 5.80. The van der Waals surface area contributed by atoms with Gasteiger partial charge in [-0.3, -0.25) is 0 Å². The molecule has 0 aliphatic heterocycles. The molecule has 4 fully saturated rings. The minimum Gasteiger partial charge on any atom is -0.388 e. The third-order valence-electron chi connectivity index (χ3n) is 5.80. The Kier molecular flexibility index (Phi) is 2.27. The first kappa shape index (κ1) is 10.9. The molecule has 0 atom stereocenters. The van der Waals surface area contributed by atoms with E-state index < -0.39 is 0 Å². The Labute approximate surface area is 110 Å². The number of hydrogen-bond donors (Lipinski definition) is 1. The Morgan fingerprint density at radius 3 is 2.17 bits per heavy atom. The third kappa shape index (κ3) is 1.52. The standard InChI is InChI=1S/C17H23N/c1-18-16-4-2-3-15(8-16)17-9-12-5-13(10-17)7-14(6-12)11-17/h2-4,8,12-14,18H,5-7,9-11H2,1H3. The smallest absolute Gasteiger partial charge is 0.0340 e. The first-order valence-corrected chi connectivity index (χ1v) is 7.56. The average Bonchev–Trinajstić information content (AvgIpc) is 2.37. The van der Waals surface area contributed by atoms with Gasteiger partial charge in [-0.1, -0.05) is 12.1 Å². The molecule has 4 bridgehead atoms. The van der Waals surface area contributed by atoms with E-state index in [0.29, 0.717) is 5.41 Å². The summed E-state index contributed by atoms with van der Waals surface area (Å²) in [5.41, 5.74) is 3.44. The quantitative estimate of drug-likeness (QED) is 0.818. The second-order valence-electron chi connectivity index (χ2n) is 7.03. The van der Waals surface area contributed by atoms with Crippen LogP contribution in [-0.2, 0) is 5.41 Å². The molecule has 18 heavy (non-hydrogen) atoms. The highest BCUT2D eigenvalue weighted by molar-refractivity contribution is 5.47. The second kappa shape index (κ2) is 3.76. The Hall–Kier alpha value is -0.980. The molecule has 1 heteroatoms. The Morgan fingerprint density at radius 1 is 1.00 bits per heavy atom. The fraction of sp³-hybridized carbons (Fsp3) is 0.647. The van der Waals surface area contributed by atoms with Gasteiger partial charge in [-0.15, -0.1) is 0 Å². The molecule has 0 amide bonds. The van der Waals surface area contributed by atoms with Crippen LogP contribution in [-0.4, -0.2) is 7.05 Å². The number of hydrogen-bond acceptors (Lipinski definition) is 1. The van der Waals surface area contributed by atoms with Crippen molar-refractivity contribution in [3.63, 3.8) is 0 Å². The van der Waals surface area contributed by atoms with Crippen LogP contribution in [0.3, 0.4) is 0 Å². The monoisotopic (exact) mass is 241 g/mol. The Bertz CT molecular complexity index is 427. The lowest BCUT2D eigenvalue weighted by Gasteiger charge is -2.57. The number of anilines is 1. The lowest BCUT2D eigenvalue weighted by Crippen LogP contribution is -2.48. The number of nitrogens with one attached hydrogen (secondary N) is 1. The van der Waals surface area contributed by atoms with Crippen LogP contribution in [0.4, 0.5) is 5.69 Å². The van der Waals surface area contributed by atoms with E-state index in [0.717, 1.165) is 17.8 Å². The van der Waals surface area contributed by atoms with Crippen LogP contribution in [0.15, 0.2) is 24.3 Å². The molecule has 0 heterocycles. The molecular weight excluding hydrogens is 218 g/mol. The highest BCUT2D eigenvalue weighted by atomic mass is 14.8. The summed E-state index contributed by atoms with van der Waals surface area (Å²) in [6.45, 7) is 0. The van der Waals surface area contributed by atoms with Crippen molar-refractivity contribution in [3.05, 3.63) is 29.8 Å². The summed E-state index contributed by atoms with van der Waals surface area (Å²) in [4.78, 5) is 0. The number of benzene rings is 1. The topological polar surface area (TPSA) is 12.0 Å². The molecule has 0 aromatic heterocycles. The van der Waals surface area contributed by atoms with Gasteiger partial charge in [0.25, 0.3) is 0 Å². The summed E-state index contributed by atoms with van der Waals surface area (Å²) in [7, 11) is 2.03. The minimum atomic E-state index is 0.543. The zero-order valence-corrected chi connectivity index (χ0v) is 11.3. The zero-order chi connectivity index (χ0) is 12.2. The van der Waals surface area contributed by atoms with Gasteiger partial charge in [0.2, 0.25) is 0 Å². The fourth-order valence-corrected chi connectivity index (χ4v) is 5.47. The lowest BCUT2D eigenvalue weighted by atomic mass is 9.48. The molecule has 0 radical (unpaired) electrons. The van der Waals surface area contributed by atoms with Gasteiger partial charge in [0, 0.05) is 12.7 Å². The molecule has 5 rings (SSSR count). The van der Waals surface area contributed by atoms with E-state index >= 15 is 0 Å². The van der Waals surface area contributed by atoms with Crippen LogP contribution < -0.4 is 5.32 Å². The van der Waals surface area contributed by atoms with Gasteiger partial charge in [-0.2, -0.15) is 0 Å². The molecule has 1 nitrogen and oxygen atoms in total. The molecule has 0 saturated heterocycles. The lowest BCUT2D eigenvalue weighted by molar-refractivity contribution is -0.00516. The van der Waals surface area contributed by atoms with Crippen LogP contribution in [0.5, 0.6) is 0 Å². The van der Waals surface area contributed by atoms with Crippen molar-refractivity contribution in [1.29, 1.82) is 0 Å². The highest BCUT2D eigenvalue weighted by Crippen LogP contribution is 2.60. The van der Waals surface area contributed by atoms with Gasteiger partial charge in [0.05, 0.1) is 0 Å². The van der Waals surface area contributed by atoms with E-state index in [2.05, 4.69) is 29.6 Å². The molecule has 1 aromatic carbocycles. The van der Waals surface area contributed by atoms with E-state index in [4.69, 9.17) is 0 Å². The van der Waals surface area contributed by atoms with Crippen LogP contribution >= 0.6 is 0 Å². The molecule has 4 saturated carbocycles. The first-order valence-electron chi connectivity index (χ1n) is 7.56. The second-order valence-corrected chi connectivity index (χ2v) is 7.03. The van der Waals surface area contributed by atoms with Gasteiger partial charge >= 0.3 is 0 Å². The van der Waals surface area contributed by atoms with Crippen LogP contribution in [0, 0.1) is 17.8 Å². The van der Waals surface area contributed by atoms with Crippen LogP contribution in [0.25, 0.3) is 0 Å². The molecule has 96 valence electrons. The van der Waals surface area contributed by atoms with E-state index in [1.807, 2.05) is 7.05 Å². The van der Waals surface area contributed by atoms with Crippen molar-refractivity contribution in [1.82, 2.24) is 0 Å². The molecule has 1 aromatic rings. The minimum absolute atomic E-state index is 0.543. The Morgan fingerprint density at radius 2 is 1.61 bits per heavy atom. The summed E-state index contributed by atoms with van der Waals surface area (Å²) in [5, 5.41) is 3.30. The molecule has 0 unspecified atom stereocenters. The summed E-state index contributed by atoms with van der Waals surface area (Å²) >= 11 is 0. The molecule has 4 aliphatic rings. The molecule has 4 aliphatic carbocycles. The van der Waals surface area contributed by atoms with Crippen LogP contribution in [0.1, 0.15) is 44.1 Å². The fourth-order valence-electron chi connectivity index (χ4n) is 5.47. The van der Waals surface area contributed by atoms with E-state index in [-0.39, 0.29) is 0 Å². The summed E-state index contributed by atoms with van der Waals surface area (Å²) in [6.07, 6.45) is 8.99. The maximum Gasteiger partial charge on any atom is 0.0340 e. The van der Waals surface area contributed by atoms with E-state index in [1.54, 1.807) is 5.56 Å². The first-order chi connectivity index (χ1) is 8.77. The molecule has 1 N–H and O–H groups in total. The SMILES string of the molecule is CNc1cccc(C23CC4CC(CC(C4)C2)C3)c1. The number of rotatable bonds is 2. The molecule has 0 spiro atoms. The van der Waals surface area contributed by atoms with Gasteiger partial charge < -0.3 is 5.32 Å². The van der Waals surface area contributed by atoms with Crippen molar-refractivity contribution in [2.24, 2.45) is 17.8 Å². The molecular formula is C17H23N. The van der Waals surface area contributed by atoms with Gasteiger partial charge in [-0.05, 0) is 79.4 Å². The highest BCUT2D eigenvalue weighted by Gasteiger charge is 2.51.